The van der Waals surface area contributed by atoms with Crippen molar-refractivity contribution in [2.45, 2.75) is 45.5 Å². The Labute approximate surface area is 186 Å². The molecule has 1 saturated heterocycles. The molecule has 0 bridgehead atoms. The number of anilines is 1. The van der Waals surface area contributed by atoms with Crippen molar-refractivity contribution in [3.63, 3.8) is 0 Å². The number of ether oxygens (including phenoxy) is 1. The Balaban J connectivity index is 1.60. The molecule has 9 heteroatoms. The summed E-state index contributed by atoms with van der Waals surface area (Å²) in [5.74, 6) is 0.593. The predicted octanol–water partition coefficient (Wildman–Crippen LogP) is 4.44. The number of nitrogens with zero attached hydrogens (tertiary/aromatic N) is 3. The second kappa shape index (κ2) is 11.1. The molecule has 1 aliphatic heterocycles. The SMILES string of the molecule is CCNC(=NCc1ccc(OCC(F)(F)F)nc1)NC(C)c1cccc(N2CCCC2)c1. The number of nitrogens with one attached hydrogen (secondary N) is 2. The van der Waals surface area contributed by atoms with Crippen LogP contribution in [0.15, 0.2) is 47.6 Å². The van der Waals surface area contributed by atoms with Crippen LogP contribution in [0.3, 0.4) is 0 Å². The molecule has 0 spiro atoms. The van der Waals surface area contributed by atoms with Crippen LogP contribution in [0.25, 0.3) is 0 Å². The van der Waals surface area contributed by atoms with Gasteiger partial charge in [-0.1, -0.05) is 18.2 Å². The first kappa shape index (κ1) is 23.7. The molecule has 1 fully saturated rings. The van der Waals surface area contributed by atoms with E-state index in [0.717, 1.165) is 18.7 Å². The lowest BCUT2D eigenvalue weighted by atomic mass is 10.1. The maximum Gasteiger partial charge on any atom is 0.422 e. The minimum Gasteiger partial charge on any atom is -0.468 e. The summed E-state index contributed by atoms with van der Waals surface area (Å²) in [6.07, 6.45) is -0.442. The molecule has 2 heterocycles. The monoisotopic (exact) mass is 449 g/mol. The fourth-order valence-electron chi connectivity index (χ4n) is 3.49. The topological polar surface area (TPSA) is 61.8 Å². The molecule has 1 aromatic heterocycles. The smallest absolute Gasteiger partial charge is 0.422 e. The number of pyridine rings is 1. The van der Waals surface area contributed by atoms with Crippen LogP contribution in [0.5, 0.6) is 5.88 Å². The molecule has 1 atom stereocenters. The summed E-state index contributed by atoms with van der Waals surface area (Å²) in [6.45, 7) is 5.96. The molecular weight excluding hydrogens is 419 g/mol. The number of hydrogen-bond acceptors (Lipinski definition) is 4. The Hall–Kier alpha value is -2.97. The van der Waals surface area contributed by atoms with Gasteiger partial charge in [0.15, 0.2) is 12.6 Å². The number of hydrogen-bond donors (Lipinski definition) is 2. The Bertz CT molecular complexity index is 880. The minimum absolute atomic E-state index is 0.0478. The van der Waals surface area contributed by atoms with Crippen LogP contribution < -0.4 is 20.3 Å². The molecule has 1 aromatic carbocycles. The lowest BCUT2D eigenvalue weighted by Gasteiger charge is -2.22. The van der Waals surface area contributed by atoms with Crippen molar-refractivity contribution in [1.29, 1.82) is 0 Å². The van der Waals surface area contributed by atoms with Crippen LogP contribution >= 0.6 is 0 Å². The number of rotatable bonds is 8. The molecular formula is C23H30F3N5O. The third-order valence-electron chi connectivity index (χ3n) is 5.14. The van der Waals surface area contributed by atoms with Gasteiger partial charge in [-0.3, -0.25) is 0 Å². The average molecular weight is 450 g/mol. The van der Waals surface area contributed by atoms with E-state index in [4.69, 9.17) is 0 Å². The van der Waals surface area contributed by atoms with Crippen molar-refractivity contribution < 1.29 is 17.9 Å². The van der Waals surface area contributed by atoms with Crippen molar-refractivity contribution in [3.8, 4) is 5.88 Å². The fourth-order valence-corrected chi connectivity index (χ4v) is 3.49. The van der Waals surface area contributed by atoms with Crippen LogP contribution in [0.2, 0.25) is 0 Å². The predicted molar refractivity (Wildman–Crippen MR) is 120 cm³/mol. The Morgan fingerprint density at radius 1 is 1.22 bits per heavy atom. The van der Waals surface area contributed by atoms with E-state index in [2.05, 4.69) is 61.4 Å². The van der Waals surface area contributed by atoms with E-state index in [1.165, 1.54) is 36.4 Å². The van der Waals surface area contributed by atoms with Gasteiger partial charge in [-0.15, -0.1) is 0 Å². The van der Waals surface area contributed by atoms with Gasteiger partial charge in [0.2, 0.25) is 5.88 Å². The Morgan fingerprint density at radius 3 is 2.66 bits per heavy atom. The summed E-state index contributed by atoms with van der Waals surface area (Å²) >= 11 is 0. The molecule has 2 N–H and O–H groups in total. The number of halogens is 3. The lowest BCUT2D eigenvalue weighted by Crippen LogP contribution is -2.38. The average Bonchev–Trinajstić information content (AvgIpc) is 3.31. The van der Waals surface area contributed by atoms with Crippen LogP contribution in [0, 0.1) is 0 Å². The van der Waals surface area contributed by atoms with Gasteiger partial charge < -0.3 is 20.3 Å². The fraction of sp³-hybridized carbons (Fsp3) is 0.478. The van der Waals surface area contributed by atoms with Crippen LogP contribution in [-0.4, -0.2) is 43.4 Å². The third-order valence-corrected chi connectivity index (χ3v) is 5.14. The zero-order chi connectivity index (χ0) is 23.0. The molecule has 3 rings (SSSR count). The summed E-state index contributed by atoms with van der Waals surface area (Å²) in [5, 5.41) is 6.65. The first-order valence-corrected chi connectivity index (χ1v) is 10.9. The quantitative estimate of drug-likeness (QED) is 0.461. The molecule has 0 aliphatic carbocycles. The zero-order valence-corrected chi connectivity index (χ0v) is 18.5. The number of aromatic nitrogens is 1. The highest BCUT2D eigenvalue weighted by molar-refractivity contribution is 5.80. The van der Waals surface area contributed by atoms with Crippen molar-refractivity contribution in [1.82, 2.24) is 15.6 Å². The molecule has 6 nitrogen and oxygen atoms in total. The van der Waals surface area contributed by atoms with Gasteiger partial charge >= 0.3 is 6.18 Å². The van der Waals surface area contributed by atoms with E-state index in [-0.39, 0.29) is 11.9 Å². The summed E-state index contributed by atoms with van der Waals surface area (Å²) in [4.78, 5) is 10.9. The summed E-state index contributed by atoms with van der Waals surface area (Å²) in [6, 6.07) is 11.7. The van der Waals surface area contributed by atoms with Gasteiger partial charge in [-0.2, -0.15) is 13.2 Å². The highest BCUT2D eigenvalue weighted by Gasteiger charge is 2.28. The van der Waals surface area contributed by atoms with Crippen LogP contribution in [0.1, 0.15) is 43.9 Å². The highest BCUT2D eigenvalue weighted by Crippen LogP contribution is 2.24. The maximum absolute atomic E-state index is 12.2. The van der Waals surface area contributed by atoms with Gasteiger partial charge in [0.1, 0.15) is 0 Å². The van der Waals surface area contributed by atoms with Crippen LogP contribution in [-0.2, 0) is 6.54 Å². The summed E-state index contributed by atoms with van der Waals surface area (Å²) < 4.78 is 41.4. The first-order valence-electron chi connectivity index (χ1n) is 10.9. The van der Waals surface area contributed by atoms with Crippen molar-refractivity contribution >= 4 is 11.6 Å². The van der Waals surface area contributed by atoms with Crippen LogP contribution in [0.4, 0.5) is 18.9 Å². The normalized spacial score (nSPS) is 15.5. The summed E-state index contributed by atoms with van der Waals surface area (Å²) in [7, 11) is 0. The van der Waals surface area contributed by atoms with E-state index in [9.17, 15) is 13.2 Å². The zero-order valence-electron chi connectivity index (χ0n) is 18.5. The van der Waals surface area contributed by atoms with Crippen molar-refractivity contribution in [2.75, 3.05) is 31.1 Å². The van der Waals surface area contributed by atoms with Gasteiger partial charge in [-0.05, 0) is 49.9 Å². The second-order valence-electron chi connectivity index (χ2n) is 7.76. The molecule has 1 unspecified atom stereocenters. The number of alkyl halides is 3. The van der Waals surface area contributed by atoms with E-state index in [1.807, 2.05) is 6.92 Å². The number of aliphatic imine (C=N–C) groups is 1. The minimum atomic E-state index is -4.39. The number of benzene rings is 1. The molecule has 2 aromatic rings. The highest BCUT2D eigenvalue weighted by atomic mass is 19.4. The third kappa shape index (κ3) is 7.32. The Kier molecular flexibility index (Phi) is 8.19. The summed E-state index contributed by atoms with van der Waals surface area (Å²) in [5.41, 5.74) is 3.19. The first-order chi connectivity index (χ1) is 15.3. The van der Waals surface area contributed by atoms with Crippen molar-refractivity contribution in [3.05, 3.63) is 53.7 Å². The van der Waals surface area contributed by atoms with Gasteiger partial charge in [0, 0.05) is 37.6 Å². The molecule has 1 aliphatic rings. The standard InChI is InChI=1S/C23H30F3N5O/c1-3-27-22(29-15-18-9-10-21(28-14-18)32-16-23(24,25)26)30-17(2)19-7-6-8-20(13-19)31-11-4-5-12-31/h6-10,13-14,17H,3-5,11-12,15-16H2,1-2H3,(H2,27,29,30). The van der Waals surface area contributed by atoms with E-state index in [0.29, 0.717) is 19.0 Å². The molecule has 0 radical (unpaired) electrons. The molecule has 32 heavy (non-hydrogen) atoms. The molecule has 0 saturated carbocycles. The Morgan fingerprint density at radius 2 is 2.00 bits per heavy atom. The van der Waals surface area contributed by atoms with E-state index >= 15 is 0 Å². The van der Waals surface area contributed by atoms with Gasteiger partial charge in [0.25, 0.3) is 0 Å². The van der Waals surface area contributed by atoms with E-state index < -0.39 is 12.8 Å². The number of guanidine groups is 1. The van der Waals surface area contributed by atoms with Gasteiger partial charge in [0.05, 0.1) is 12.6 Å². The molecule has 174 valence electrons. The van der Waals surface area contributed by atoms with Gasteiger partial charge in [-0.25, -0.2) is 9.98 Å². The largest absolute Gasteiger partial charge is 0.468 e. The maximum atomic E-state index is 12.2. The van der Waals surface area contributed by atoms with E-state index in [1.54, 1.807) is 6.07 Å². The lowest BCUT2D eigenvalue weighted by molar-refractivity contribution is -0.154. The molecule has 0 amide bonds. The van der Waals surface area contributed by atoms with Crippen molar-refractivity contribution in [2.24, 2.45) is 4.99 Å². The second-order valence-corrected chi connectivity index (χ2v) is 7.76.